The predicted molar refractivity (Wildman–Crippen MR) is 92.7 cm³/mol. The molecule has 5 nitrogen and oxygen atoms in total. The van der Waals surface area contributed by atoms with Gasteiger partial charge in [-0.05, 0) is 38.4 Å². The second-order valence-electron chi connectivity index (χ2n) is 8.01. The molecule has 0 aromatic heterocycles. The molecule has 23 heavy (non-hydrogen) atoms. The molecule has 1 heterocycles. The van der Waals surface area contributed by atoms with E-state index < -0.39 is 14.1 Å². The molecule has 0 radical (unpaired) electrons. The van der Waals surface area contributed by atoms with E-state index in [-0.39, 0.29) is 30.0 Å². The van der Waals surface area contributed by atoms with Gasteiger partial charge in [0.25, 0.3) is 6.47 Å². The van der Waals surface area contributed by atoms with Crippen LogP contribution in [0.15, 0.2) is 12.7 Å². The zero-order chi connectivity index (χ0) is 17.9. The first-order valence-electron chi connectivity index (χ1n) is 8.13. The Hall–Kier alpha value is -0.693. The monoisotopic (exact) mass is 344 g/mol. The lowest BCUT2D eigenvalue weighted by Crippen LogP contribution is -2.49. The molecule has 0 unspecified atom stereocenters. The van der Waals surface area contributed by atoms with E-state index in [0.717, 1.165) is 0 Å². The molecule has 1 aliphatic rings. The quantitative estimate of drug-likeness (QED) is 0.382. The van der Waals surface area contributed by atoms with Gasteiger partial charge in [0, 0.05) is 0 Å². The van der Waals surface area contributed by atoms with E-state index in [0.29, 0.717) is 12.9 Å². The van der Waals surface area contributed by atoms with Gasteiger partial charge in [-0.25, -0.2) is 0 Å². The van der Waals surface area contributed by atoms with Crippen LogP contribution in [0.2, 0.25) is 18.1 Å². The minimum Gasteiger partial charge on any atom is -0.465 e. The smallest absolute Gasteiger partial charge is 0.293 e. The number of ether oxygens (including phenoxy) is 3. The van der Waals surface area contributed by atoms with Gasteiger partial charge in [0.1, 0.15) is 18.8 Å². The summed E-state index contributed by atoms with van der Waals surface area (Å²) in [5, 5.41) is 0.0934. The maximum atomic E-state index is 10.5. The standard InChI is InChI=1S/C17H32O5Si/c1-9-10-13(22-23(7,8)16(2,3)4)15-14(11-19-12-18)20-17(5,6)21-15/h9,12-15H,1,10-11H2,2-8H3/t13-,14-,15+/m0/s1. The first-order valence-corrected chi connectivity index (χ1v) is 11.0. The Kier molecular flexibility index (Phi) is 6.61. The van der Waals surface area contributed by atoms with Gasteiger partial charge in [-0.2, -0.15) is 0 Å². The van der Waals surface area contributed by atoms with Crippen molar-refractivity contribution in [3.63, 3.8) is 0 Å². The first-order chi connectivity index (χ1) is 10.4. The van der Waals surface area contributed by atoms with Gasteiger partial charge in [0.15, 0.2) is 14.1 Å². The third-order valence-electron chi connectivity index (χ3n) is 4.57. The van der Waals surface area contributed by atoms with Crippen molar-refractivity contribution >= 4 is 14.8 Å². The summed E-state index contributed by atoms with van der Waals surface area (Å²) >= 11 is 0. The van der Waals surface area contributed by atoms with Gasteiger partial charge in [0.2, 0.25) is 0 Å². The second kappa shape index (κ2) is 7.47. The highest BCUT2D eigenvalue weighted by molar-refractivity contribution is 6.74. The summed E-state index contributed by atoms with van der Waals surface area (Å²) in [5.41, 5.74) is 0. The molecule has 6 heteroatoms. The van der Waals surface area contributed by atoms with E-state index in [4.69, 9.17) is 18.6 Å². The normalized spacial score (nSPS) is 25.9. The Morgan fingerprint density at radius 1 is 1.30 bits per heavy atom. The van der Waals surface area contributed by atoms with Crippen LogP contribution in [0.1, 0.15) is 41.0 Å². The van der Waals surface area contributed by atoms with Crippen molar-refractivity contribution in [2.45, 2.75) is 83.3 Å². The van der Waals surface area contributed by atoms with Crippen molar-refractivity contribution in [3.05, 3.63) is 12.7 Å². The fourth-order valence-corrected chi connectivity index (χ4v) is 3.75. The van der Waals surface area contributed by atoms with E-state index in [9.17, 15) is 4.79 Å². The first kappa shape index (κ1) is 20.4. The number of carbonyl (C=O) groups excluding carboxylic acids is 1. The summed E-state index contributed by atoms with van der Waals surface area (Å²) < 4.78 is 23.4. The van der Waals surface area contributed by atoms with E-state index >= 15 is 0 Å². The molecule has 1 rings (SSSR count). The fourth-order valence-electron chi connectivity index (χ4n) is 2.41. The van der Waals surface area contributed by atoms with Crippen LogP contribution in [0.4, 0.5) is 0 Å². The summed E-state index contributed by atoms with van der Waals surface area (Å²) in [6.07, 6.45) is 1.69. The summed E-state index contributed by atoms with van der Waals surface area (Å²) in [6, 6.07) is 0. The van der Waals surface area contributed by atoms with E-state index in [1.54, 1.807) is 0 Å². The number of carbonyl (C=O) groups is 1. The topological polar surface area (TPSA) is 54.0 Å². The predicted octanol–water partition coefficient (Wildman–Crippen LogP) is 3.65. The zero-order valence-corrected chi connectivity index (χ0v) is 16.5. The SMILES string of the molecule is C=CC[C@H](O[Si](C)(C)C(C)(C)C)[C@H]1OC(C)(C)O[C@H]1COC=O. The molecule has 134 valence electrons. The van der Waals surface area contributed by atoms with Crippen LogP contribution >= 0.6 is 0 Å². The molecule has 0 saturated carbocycles. The third-order valence-corrected chi connectivity index (χ3v) is 9.07. The van der Waals surface area contributed by atoms with E-state index in [2.05, 4.69) is 40.4 Å². The molecule has 3 atom stereocenters. The number of hydrogen-bond acceptors (Lipinski definition) is 5. The van der Waals surface area contributed by atoms with Crippen molar-refractivity contribution in [2.24, 2.45) is 0 Å². The second-order valence-corrected chi connectivity index (χ2v) is 12.8. The molecule has 0 aromatic rings. The summed E-state index contributed by atoms with van der Waals surface area (Å²) in [7, 11) is -1.97. The van der Waals surface area contributed by atoms with Gasteiger partial charge in [-0.1, -0.05) is 26.8 Å². The van der Waals surface area contributed by atoms with Crippen LogP contribution in [-0.4, -0.2) is 45.5 Å². The highest BCUT2D eigenvalue weighted by atomic mass is 28.4. The summed E-state index contributed by atoms with van der Waals surface area (Å²) in [4.78, 5) is 10.5. The Labute approximate surface area is 141 Å². The van der Waals surface area contributed by atoms with Gasteiger partial charge in [0.05, 0.1) is 6.10 Å². The lowest BCUT2D eigenvalue weighted by Gasteiger charge is -2.41. The Bertz CT molecular complexity index is 414. The number of hydrogen-bond donors (Lipinski definition) is 0. The van der Waals surface area contributed by atoms with Crippen LogP contribution < -0.4 is 0 Å². The fraction of sp³-hybridized carbons (Fsp3) is 0.824. The Morgan fingerprint density at radius 3 is 2.39 bits per heavy atom. The zero-order valence-electron chi connectivity index (χ0n) is 15.5. The molecule has 0 spiro atoms. The highest BCUT2D eigenvalue weighted by Gasteiger charge is 2.48. The lowest BCUT2D eigenvalue weighted by atomic mass is 10.1. The van der Waals surface area contributed by atoms with E-state index in [1.807, 2.05) is 19.9 Å². The van der Waals surface area contributed by atoms with Crippen molar-refractivity contribution in [1.82, 2.24) is 0 Å². The van der Waals surface area contributed by atoms with Gasteiger partial charge < -0.3 is 18.6 Å². The lowest BCUT2D eigenvalue weighted by molar-refractivity contribution is -0.158. The molecule has 1 saturated heterocycles. The highest BCUT2D eigenvalue weighted by Crippen LogP contribution is 2.40. The molecule has 0 amide bonds. The average Bonchev–Trinajstić information content (AvgIpc) is 2.69. The molecular formula is C17H32O5Si. The molecule has 1 aliphatic heterocycles. The minimum atomic E-state index is -1.97. The van der Waals surface area contributed by atoms with Gasteiger partial charge in [-0.15, -0.1) is 6.58 Å². The van der Waals surface area contributed by atoms with Crippen molar-refractivity contribution in [2.75, 3.05) is 6.61 Å². The van der Waals surface area contributed by atoms with Crippen molar-refractivity contribution in [1.29, 1.82) is 0 Å². The maximum absolute atomic E-state index is 10.5. The molecule has 0 aliphatic carbocycles. The summed E-state index contributed by atoms with van der Waals surface area (Å²) in [5.74, 6) is -0.724. The van der Waals surface area contributed by atoms with Crippen LogP contribution in [-0.2, 0) is 23.4 Å². The van der Waals surface area contributed by atoms with Crippen LogP contribution in [0.25, 0.3) is 0 Å². The van der Waals surface area contributed by atoms with Crippen molar-refractivity contribution in [3.8, 4) is 0 Å². The van der Waals surface area contributed by atoms with Crippen LogP contribution in [0.3, 0.4) is 0 Å². The Morgan fingerprint density at radius 2 is 1.91 bits per heavy atom. The molecule has 1 fully saturated rings. The molecule has 0 aromatic carbocycles. The van der Waals surface area contributed by atoms with Gasteiger partial charge >= 0.3 is 0 Å². The molecule has 0 N–H and O–H groups in total. The average molecular weight is 345 g/mol. The largest absolute Gasteiger partial charge is 0.465 e. The third kappa shape index (κ3) is 5.41. The van der Waals surface area contributed by atoms with Crippen LogP contribution in [0, 0.1) is 0 Å². The Balaban J connectivity index is 2.97. The maximum Gasteiger partial charge on any atom is 0.293 e. The minimum absolute atomic E-state index is 0.0934. The molecule has 0 bridgehead atoms. The summed E-state index contributed by atoms with van der Waals surface area (Å²) in [6.45, 7) is 19.2. The van der Waals surface area contributed by atoms with Crippen LogP contribution in [0.5, 0.6) is 0 Å². The van der Waals surface area contributed by atoms with E-state index in [1.165, 1.54) is 0 Å². The van der Waals surface area contributed by atoms with Crippen molar-refractivity contribution < 1.29 is 23.4 Å². The molecular weight excluding hydrogens is 312 g/mol. The van der Waals surface area contributed by atoms with Gasteiger partial charge in [-0.3, -0.25) is 4.79 Å². The number of rotatable bonds is 8.